The van der Waals surface area contributed by atoms with Gasteiger partial charge in [-0.1, -0.05) is 6.07 Å². The molecule has 21 heavy (non-hydrogen) atoms. The number of aliphatic hydroxyl groups is 1. The SMILES string of the molecule is Cc1csc(CCNS(=O)(=O)c2ccc(C)c(CO)c2)n1. The third-order valence-corrected chi connectivity index (χ3v) is 5.58. The Kier molecular flexibility index (Phi) is 5.10. The normalized spacial score (nSPS) is 11.8. The van der Waals surface area contributed by atoms with Gasteiger partial charge in [0.25, 0.3) is 0 Å². The maximum Gasteiger partial charge on any atom is 0.240 e. The van der Waals surface area contributed by atoms with Gasteiger partial charge in [0.05, 0.1) is 16.5 Å². The van der Waals surface area contributed by atoms with Gasteiger partial charge in [0, 0.05) is 24.0 Å². The molecular weight excluding hydrogens is 308 g/mol. The third kappa shape index (κ3) is 4.10. The maximum absolute atomic E-state index is 12.2. The number of aryl methyl sites for hydroxylation is 2. The fourth-order valence-electron chi connectivity index (χ4n) is 1.88. The number of hydrogen-bond donors (Lipinski definition) is 2. The Morgan fingerprint density at radius 2 is 2.10 bits per heavy atom. The summed E-state index contributed by atoms with van der Waals surface area (Å²) < 4.78 is 27.0. The molecule has 0 aliphatic rings. The van der Waals surface area contributed by atoms with Crippen LogP contribution in [0.1, 0.15) is 21.8 Å². The summed E-state index contributed by atoms with van der Waals surface area (Å²) in [4.78, 5) is 4.47. The van der Waals surface area contributed by atoms with Gasteiger partial charge in [-0.25, -0.2) is 18.1 Å². The van der Waals surface area contributed by atoms with E-state index < -0.39 is 10.0 Å². The number of nitrogens with one attached hydrogen (secondary N) is 1. The van der Waals surface area contributed by atoms with Crippen molar-refractivity contribution in [1.29, 1.82) is 0 Å². The predicted octanol–water partition coefficient (Wildman–Crippen LogP) is 1.77. The van der Waals surface area contributed by atoms with E-state index >= 15 is 0 Å². The number of benzene rings is 1. The first-order valence-corrected chi connectivity index (χ1v) is 8.90. The molecule has 0 atom stereocenters. The first-order valence-electron chi connectivity index (χ1n) is 6.53. The highest BCUT2D eigenvalue weighted by Crippen LogP contribution is 2.16. The van der Waals surface area contributed by atoms with Crippen molar-refractivity contribution in [2.24, 2.45) is 0 Å². The Morgan fingerprint density at radius 1 is 1.33 bits per heavy atom. The van der Waals surface area contributed by atoms with Gasteiger partial charge in [0.15, 0.2) is 0 Å². The van der Waals surface area contributed by atoms with E-state index in [0.29, 0.717) is 18.5 Å². The molecule has 0 amide bonds. The first-order chi connectivity index (χ1) is 9.92. The van der Waals surface area contributed by atoms with Crippen molar-refractivity contribution in [2.75, 3.05) is 6.54 Å². The van der Waals surface area contributed by atoms with Gasteiger partial charge in [0.2, 0.25) is 10.0 Å². The predicted molar refractivity (Wildman–Crippen MR) is 82.8 cm³/mol. The Hall–Kier alpha value is -1.28. The highest BCUT2D eigenvalue weighted by Gasteiger charge is 2.15. The Balaban J connectivity index is 2.04. The number of rotatable bonds is 6. The first kappa shape index (κ1) is 16.1. The largest absolute Gasteiger partial charge is 0.392 e. The second-order valence-electron chi connectivity index (χ2n) is 4.78. The zero-order valence-electron chi connectivity index (χ0n) is 12.0. The van der Waals surface area contributed by atoms with Crippen molar-refractivity contribution >= 4 is 21.4 Å². The fourth-order valence-corrected chi connectivity index (χ4v) is 3.74. The summed E-state index contributed by atoms with van der Waals surface area (Å²) >= 11 is 1.52. The van der Waals surface area contributed by atoms with Crippen LogP contribution in [0, 0.1) is 13.8 Å². The number of sulfonamides is 1. The quantitative estimate of drug-likeness (QED) is 0.848. The van der Waals surface area contributed by atoms with Crippen molar-refractivity contribution in [2.45, 2.75) is 31.8 Å². The van der Waals surface area contributed by atoms with Crippen LogP contribution in [0.3, 0.4) is 0 Å². The van der Waals surface area contributed by atoms with Gasteiger partial charge in [-0.15, -0.1) is 11.3 Å². The van der Waals surface area contributed by atoms with E-state index in [1.165, 1.54) is 17.4 Å². The van der Waals surface area contributed by atoms with Gasteiger partial charge in [-0.05, 0) is 37.1 Å². The van der Waals surface area contributed by atoms with Crippen LogP contribution in [0.25, 0.3) is 0 Å². The minimum absolute atomic E-state index is 0.173. The van der Waals surface area contributed by atoms with E-state index in [-0.39, 0.29) is 11.5 Å². The van der Waals surface area contributed by atoms with E-state index in [4.69, 9.17) is 0 Å². The van der Waals surface area contributed by atoms with Crippen molar-refractivity contribution in [3.8, 4) is 0 Å². The lowest BCUT2D eigenvalue weighted by molar-refractivity contribution is 0.280. The molecule has 0 spiro atoms. The molecule has 2 aromatic rings. The molecule has 2 rings (SSSR count). The lowest BCUT2D eigenvalue weighted by atomic mass is 10.1. The summed E-state index contributed by atoms with van der Waals surface area (Å²) in [6.45, 7) is 3.87. The summed E-state index contributed by atoms with van der Waals surface area (Å²) in [7, 11) is -3.56. The monoisotopic (exact) mass is 326 g/mol. The van der Waals surface area contributed by atoms with Crippen LogP contribution in [-0.2, 0) is 23.1 Å². The molecule has 0 fully saturated rings. The molecule has 1 aromatic heterocycles. The Labute approximate surface area is 128 Å². The molecule has 0 bridgehead atoms. The standard InChI is InChI=1S/C14H18N2O3S2/c1-10-3-4-13(7-12(10)8-17)21(18,19)15-6-5-14-16-11(2)9-20-14/h3-4,7,9,15,17H,5-6,8H2,1-2H3. The van der Waals surface area contributed by atoms with Crippen LogP contribution in [0.2, 0.25) is 0 Å². The van der Waals surface area contributed by atoms with Gasteiger partial charge >= 0.3 is 0 Å². The molecule has 0 unspecified atom stereocenters. The number of thiazole rings is 1. The summed E-state index contributed by atoms with van der Waals surface area (Å²) in [5.74, 6) is 0. The summed E-state index contributed by atoms with van der Waals surface area (Å²) in [6, 6.07) is 4.75. The minimum Gasteiger partial charge on any atom is -0.392 e. The topological polar surface area (TPSA) is 79.3 Å². The summed E-state index contributed by atoms with van der Waals surface area (Å²) in [6.07, 6.45) is 0.566. The minimum atomic E-state index is -3.56. The van der Waals surface area contributed by atoms with Crippen LogP contribution < -0.4 is 4.72 Å². The van der Waals surface area contributed by atoms with Gasteiger partial charge in [0.1, 0.15) is 0 Å². The second kappa shape index (κ2) is 6.65. The zero-order valence-corrected chi connectivity index (χ0v) is 13.6. The highest BCUT2D eigenvalue weighted by molar-refractivity contribution is 7.89. The lowest BCUT2D eigenvalue weighted by Gasteiger charge is -2.09. The van der Waals surface area contributed by atoms with Crippen molar-refractivity contribution in [3.63, 3.8) is 0 Å². The third-order valence-electron chi connectivity index (χ3n) is 3.10. The average Bonchev–Trinajstić information content (AvgIpc) is 2.84. The highest BCUT2D eigenvalue weighted by atomic mass is 32.2. The molecule has 0 aliphatic carbocycles. The molecule has 0 saturated carbocycles. The second-order valence-corrected chi connectivity index (χ2v) is 7.49. The van der Waals surface area contributed by atoms with Crippen molar-refractivity contribution in [1.82, 2.24) is 9.71 Å². The molecule has 7 heteroatoms. The van der Waals surface area contributed by atoms with Crippen LogP contribution in [0.5, 0.6) is 0 Å². The van der Waals surface area contributed by atoms with E-state index in [1.807, 2.05) is 19.2 Å². The average molecular weight is 326 g/mol. The number of aliphatic hydroxyl groups excluding tert-OH is 1. The number of hydrogen-bond acceptors (Lipinski definition) is 5. The number of aromatic nitrogens is 1. The maximum atomic E-state index is 12.2. The summed E-state index contributed by atoms with van der Waals surface area (Å²) in [5, 5.41) is 12.1. The van der Waals surface area contributed by atoms with Crippen molar-refractivity contribution in [3.05, 3.63) is 45.4 Å². The molecular formula is C14H18N2O3S2. The molecule has 2 N–H and O–H groups in total. The van der Waals surface area contributed by atoms with Crippen molar-refractivity contribution < 1.29 is 13.5 Å². The molecule has 0 aliphatic heterocycles. The van der Waals surface area contributed by atoms with Gasteiger partial charge in [-0.2, -0.15) is 0 Å². The molecule has 0 saturated heterocycles. The zero-order chi connectivity index (χ0) is 15.5. The number of nitrogens with zero attached hydrogens (tertiary/aromatic N) is 1. The lowest BCUT2D eigenvalue weighted by Crippen LogP contribution is -2.26. The van der Waals surface area contributed by atoms with Crippen LogP contribution in [0.15, 0.2) is 28.5 Å². The van der Waals surface area contributed by atoms with E-state index in [2.05, 4.69) is 9.71 Å². The fraction of sp³-hybridized carbons (Fsp3) is 0.357. The van der Waals surface area contributed by atoms with Gasteiger partial charge < -0.3 is 5.11 Å². The van der Waals surface area contributed by atoms with E-state index in [1.54, 1.807) is 12.1 Å². The molecule has 5 nitrogen and oxygen atoms in total. The van der Waals surface area contributed by atoms with Gasteiger partial charge in [-0.3, -0.25) is 0 Å². The van der Waals surface area contributed by atoms with Crippen LogP contribution >= 0.6 is 11.3 Å². The molecule has 114 valence electrons. The molecule has 0 radical (unpaired) electrons. The molecule has 1 heterocycles. The Bertz CT molecular complexity index is 724. The van der Waals surface area contributed by atoms with Crippen LogP contribution in [-0.4, -0.2) is 25.1 Å². The molecule has 1 aromatic carbocycles. The summed E-state index contributed by atoms with van der Waals surface area (Å²) in [5.41, 5.74) is 2.44. The van der Waals surface area contributed by atoms with E-state index in [9.17, 15) is 13.5 Å². The smallest absolute Gasteiger partial charge is 0.240 e. The Morgan fingerprint density at radius 3 is 2.71 bits per heavy atom. The van der Waals surface area contributed by atoms with E-state index in [0.717, 1.165) is 16.3 Å². The van der Waals surface area contributed by atoms with Crippen LogP contribution in [0.4, 0.5) is 0 Å².